The average Bonchev–Trinajstić information content (AvgIpc) is 2.62. The van der Waals surface area contributed by atoms with Crippen LogP contribution in [0.3, 0.4) is 0 Å². The Labute approximate surface area is 146 Å². The van der Waals surface area contributed by atoms with E-state index in [9.17, 15) is 0 Å². The van der Waals surface area contributed by atoms with E-state index in [-0.39, 0.29) is 6.10 Å². The van der Waals surface area contributed by atoms with Gasteiger partial charge >= 0.3 is 146 Å². The van der Waals surface area contributed by atoms with E-state index in [0.717, 1.165) is 12.0 Å². The fourth-order valence-electron chi connectivity index (χ4n) is 3.13. The first-order valence-electron chi connectivity index (χ1n) is 8.15. The fraction of sp³-hybridized carbons (Fsp3) is 0.286. The molecule has 0 saturated heterocycles. The molecule has 116 valence electrons. The first kappa shape index (κ1) is 16.2. The Morgan fingerprint density at radius 2 is 1.57 bits per heavy atom. The van der Waals surface area contributed by atoms with Crippen molar-refractivity contribution in [2.24, 2.45) is 0 Å². The summed E-state index contributed by atoms with van der Waals surface area (Å²) < 4.78 is 6.86. The Bertz CT molecular complexity index is 697. The van der Waals surface area contributed by atoms with Crippen molar-refractivity contribution >= 4 is 4.57 Å². The van der Waals surface area contributed by atoms with E-state index >= 15 is 0 Å². The summed E-state index contributed by atoms with van der Waals surface area (Å²) in [5.74, 6) is 6.72. The van der Waals surface area contributed by atoms with Crippen LogP contribution in [0.1, 0.15) is 42.7 Å². The summed E-state index contributed by atoms with van der Waals surface area (Å²) in [6.45, 7) is 0. The molecule has 1 aliphatic rings. The van der Waals surface area contributed by atoms with E-state index < -0.39 is 0 Å². The van der Waals surface area contributed by atoms with Gasteiger partial charge in [0, 0.05) is 0 Å². The molecule has 1 aliphatic carbocycles. The molecular weight excluding hydrogens is 320 g/mol. The molecule has 2 aromatic rings. The molecule has 23 heavy (non-hydrogen) atoms. The molecule has 1 nitrogen and oxygen atoms in total. The van der Waals surface area contributed by atoms with E-state index in [1.807, 2.05) is 30.3 Å². The minimum atomic E-state index is 0.215. The molecule has 2 aromatic carbocycles. The summed E-state index contributed by atoms with van der Waals surface area (Å²) in [7, 11) is 0. The van der Waals surface area contributed by atoms with Gasteiger partial charge in [-0.3, -0.25) is 0 Å². The minimum absolute atomic E-state index is 0.215. The van der Waals surface area contributed by atoms with Crippen LogP contribution >= 0.6 is 0 Å². The Hall–Kier alpha value is -1.64. The molecule has 1 saturated carbocycles. The summed E-state index contributed by atoms with van der Waals surface area (Å²) in [6, 6.07) is 20.7. The molecular formula is C21H20CrO. The zero-order valence-electron chi connectivity index (χ0n) is 13.1. The molecule has 0 aromatic heterocycles. The van der Waals surface area contributed by atoms with Crippen molar-refractivity contribution in [3.63, 3.8) is 0 Å². The van der Waals surface area contributed by atoms with Gasteiger partial charge in [0.25, 0.3) is 0 Å². The maximum atomic E-state index is 6.17. The second-order valence-corrected chi connectivity index (χ2v) is 6.44. The maximum absolute atomic E-state index is 6.17. The molecule has 2 heteroatoms. The van der Waals surface area contributed by atoms with Gasteiger partial charge in [-0.05, 0) is 0 Å². The van der Waals surface area contributed by atoms with Crippen LogP contribution in [0.5, 0.6) is 0 Å². The Morgan fingerprint density at radius 3 is 2.30 bits per heavy atom. The van der Waals surface area contributed by atoms with Crippen molar-refractivity contribution in [3.8, 4) is 11.8 Å². The molecule has 2 atom stereocenters. The molecule has 0 amide bonds. The fourth-order valence-corrected chi connectivity index (χ4v) is 3.40. The van der Waals surface area contributed by atoms with Crippen LogP contribution in [0.4, 0.5) is 0 Å². The van der Waals surface area contributed by atoms with Crippen LogP contribution in [0, 0.1) is 11.8 Å². The molecule has 3 rings (SSSR count). The monoisotopic (exact) mass is 340 g/mol. The van der Waals surface area contributed by atoms with Gasteiger partial charge in [0.05, 0.1) is 0 Å². The van der Waals surface area contributed by atoms with Gasteiger partial charge in [-0.25, -0.2) is 0 Å². The molecule has 0 bridgehead atoms. The predicted octanol–water partition coefficient (Wildman–Crippen LogP) is 4.46. The third-order valence-electron chi connectivity index (χ3n) is 4.27. The quantitative estimate of drug-likeness (QED) is 0.750. The number of rotatable bonds is 3. The van der Waals surface area contributed by atoms with Crippen molar-refractivity contribution < 1.29 is 20.6 Å². The summed E-state index contributed by atoms with van der Waals surface area (Å²) in [6.07, 6.45) is 5.00. The first-order valence-corrected chi connectivity index (χ1v) is 8.79. The van der Waals surface area contributed by atoms with Gasteiger partial charge in [-0.15, -0.1) is 0 Å². The molecule has 0 heterocycles. The summed E-state index contributed by atoms with van der Waals surface area (Å²) in [5.41, 5.74) is 2.38. The Kier molecular flexibility index (Phi) is 5.84. The molecule has 0 radical (unpaired) electrons. The van der Waals surface area contributed by atoms with E-state index in [1.165, 1.54) is 24.8 Å². The summed E-state index contributed by atoms with van der Waals surface area (Å²) in [4.78, 5) is 0. The van der Waals surface area contributed by atoms with E-state index in [1.54, 1.807) is 0 Å². The Balaban J connectivity index is 1.68. The predicted molar refractivity (Wildman–Crippen MR) is 90.9 cm³/mol. The second kappa shape index (κ2) is 8.28. The van der Waals surface area contributed by atoms with E-state index in [0.29, 0.717) is 10.5 Å². The standard InChI is InChI=1S/C21H20O.Cr/c1-3-10-18(11-4-1)12-9-17-22-21-16-8-7-15-20(21)19-13-5-2-6-14-19;/h1-6,10-11,13-14,20-21H,7-8,15-16H2;/t20-,21+;/m0./s1. The van der Waals surface area contributed by atoms with Gasteiger partial charge in [-0.1, -0.05) is 0 Å². The zero-order chi connectivity index (χ0) is 15.9. The van der Waals surface area contributed by atoms with Gasteiger partial charge in [-0.2, -0.15) is 0 Å². The van der Waals surface area contributed by atoms with Gasteiger partial charge in [0.2, 0.25) is 0 Å². The number of hydrogen-bond donors (Lipinski definition) is 0. The normalized spacial score (nSPS) is 20.3. The second-order valence-electron chi connectivity index (χ2n) is 5.86. The summed E-state index contributed by atoms with van der Waals surface area (Å²) in [5, 5.41) is 0. The topological polar surface area (TPSA) is 9.23 Å². The average molecular weight is 340 g/mol. The van der Waals surface area contributed by atoms with Crippen molar-refractivity contribution in [1.82, 2.24) is 0 Å². The van der Waals surface area contributed by atoms with Gasteiger partial charge in [0.1, 0.15) is 0 Å². The van der Waals surface area contributed by atoms with Gasteiger partial charge < -0.3 is 0 Å². The third-order valence-corrected chi connectivity index (χ3v) is 4.58. The number of ether oxygens (including phenoxy) is 1. The summed E-state index contributed by atoms with van der Waals surface area (Å²) >= 11 is 2.99. The number of hydrogen-bond acceptors (Lipinski definition) is 1. The van der Waals surface area contributed by atoms with Crippen LogP contribution < -0.4 is 0 Å². The van der Waals surface area contributed by atoms with Crippen LogP contribution in [-0.4, -0.2) is 10.7 Å². The van der Waals surface area contributed by atoms with Gasteiger partial charge in [0.15, 0.2) is 0 Å². The van der Waals surface area contributed by atoms with Crippen LogP contribution in [0.2, 0.25) is 0 Å². The Morgan fingerprint density at radius 1 is 0.913 bits per heavy atom. The van der Waals surface area contributed by atoms with E-state index in [2.05, 4.69) is 58.0 Å². The first-order chi connectivity index (χ1) is 11.3. The van der Waals surface area contributed by atoms with Crippen LogP contribution in [0.15, 0.2) is 60.7 Å². The van der Waals surface area contributed by atoms with Crippen molar-refractivity contribution in [2.75, 3.05) is 0 Å². The number of benzene rings is 2. The van der Waals surface area contributed by atoms with Crippen molar-refractivity contribution in [3.05, 3.63) is 71.8 Å². The molecule has 0 spiro atoms. The van der Waals surface area contributed by atoms with E-state index in [4.69, 9.17) is 4.74 Å². The molecule has 0 unspecified atom stereocenters. The van der Waals surface area contributed by atoms with Crippen molar-refractivity contribution in [2.45, 2.75) is 37.7 Å². The molecule has 1 fully saturated rings. The molecule has 0 aliphatic heterocycles. The van der Waals surface area contributed by atoms with Crippen LogP contribution in [-0.2, 0) is 20.6 Å². The van der Waals surface area contributed by atoms with Crippen molar-refractivity contribution in [1.29, 1.82) is 0 Å². The SMILES string of the molecule is [Cr]=[C](C#Cc1ccccc1)O[C@@H]1CCCC[C@H]1c1ccccc1. The third kappa shape index (κ3) is 4.67. The molecule has 0 N–H and O–H groups in total. The zero-order valence-corrected chi connectivity index (χ0v) is 14.3. The van der Waals surface area contributed by atoms with Crippen LogP contribution in [0.25, 0.3) is 0 Å².